The van der Waals surface area contributed by atoms with Gasteiger partial charge in [-0.1, -0.05) is 13.8 Å². The molecule has 1 N–H and O–H groups in total. The summed E-state index contributed by atoms with van der Waals surface area (Å²) in [5.74, 6) is 2.24. The average molecular weight is 357 g/mol. The van der Waals surface area contributed by atoms with Gasteiger partial charge in [0, 0.05) is 19.1 Å². The largest absolute Gasteiger partial charge is 0.486 e. The molecule has 1 heterocycles. The molecule has 0 spiro atoms. The highest BCUT2D eigenvalue weighted by atomic mass is 79.9. The lowest BCUT2D eigenvalue weighted by Crippen LogP contribution is -2.41. The molecule has 0 amide bonds. The van der Waals surface area contributed by atoms with Crippen molar-refractivity contribution in [2.75, 3.05) is 33.9 Å². The van der Waals surface area contributed by atoms with Gasteiger partial charge in [-0.2, -0.15) is 0 Å². The summed E-state index contributed by atoms with van der Waals surface area (Å²) < 4.78 is 12.3. The Morgan fingerprint density at radius 2 is 1.95 bits per heavy atom. The Balaban J connectivity index is 2.04. The Hall–Kier alpha value is -0.780. The second kappa shape index (κ2) is 7.47. The standard InChI is InChI=1S/C16H25BrN2O2/c1-11(2)14(10-19(3)4)18-9-12-7-13(17)16-15(8-12)20-5-6-21-16/h7-8,11,14,18H,5-6,9-10H2,1-4H3. The van der Waals surface area contributed by atoms with Crippen molar-refractivity contribution < 1.29 is 9.47 Å². The fourth-order valence-electron chi connectivity index (χ4n) is 2.42. The molecule has 0 aromatic heterocycles. The zero-order valence-corrected chi connectivity index (χ0v) is 14.9. The first-order chi connectivity index (χ1) is 9.97. The van der Waals surface area contributed by atoms with Gasteiger partial charge in [0.05, 0.1) is 4.47 Å². The molecular weight excluding hydrogens is 332 g/mol. The third kappa shape index (κ3) is 4.59. The van der Waals surface area contributed by atoms with E-state index in [2.05, 4.69) is 66.2 Å². The van der Waals surface area contributed by atoms with Gasteiger partial charge in [0.1, 0.15) is 13.2 Å². The molecule has 1 aliphatic heterocycles. The second-order valence-corrected chi connectivity index (χ2v) is 6.95. The number of rotatable bonds is 6. The van der Waals surface area contributed by atoms with Gasteiger partial charge in [-0.3, -0.25) is 0 Å². The minimum absolute atomic E-state index is 0.465. The van der Waals surface area contributed by atoms with E-state index in [9.17, 15) is 0 Å². The Labute approximate surface area is 135 Å². The maximum Gasteiger partial charge on any atom is 0.175 e. The smallest absolute Gasteiger partial charge is 0.175 e. The summed E-state index contributed by atoms with van der Waals surface area (Å²) in [6, 6.07) is 4.64. The summed E-state index contributed by atoms with van der Waals surface area (Å²) in [4.78, 5) is 2.22. The van der Waals surface area contributed by atoms with Crippen LogP contribution in [0.15, 0.2) is 16.6 Å². The van der Waals surface area contributed by atoms with Gasteiger partial charge >= 0.3 is 0 Å². The van der Waals surface area contributed by atoms with Crippen LogP contribution in [0.2, 0.25) is 0 Å². The SMILES string of the molecule is CC(C)C(CN(C)C)NCc1cc(Br)c2c(c1)OCCO2. The van der Waals surface area contributed by atoms with E-state index in [0.29, 0.717) is 25.2 Å². The molecule has 0 aliphatic carbocycles. The predicted molar refractivity (Wildman–Crippen MR) is 89.2 cm³/mol. The fourth-order valence-corrected chi connectivity index (χ4v) is 3.02. The molecule has 0 bridgehead atoms. The van der Waals surface area contributed by atoms with Gasteiger partial charge in [-0.15, -0.1) is 0 Å². The first kappa shape index (κ1) is 16.6. The Bertz CT molecular complexity index is 478. The lowest BCUT2D eigenvalue weighted by Gasteiger charge is -2.26. The summed E-state index contributed by atoms with van der Waals surface area (Å²) in [7, 11) is 4.22. The number of nitrogens with one attached hydrogen (secondary N) is 1. The molecule has 0 radical (unpaired) electrons. The third-order valence-corrected chi connectivity index (χ3v) is 4.18. The van der Waals surface area contributed by atoms with Crippen molar-refractivity contribution in [3.05, 3.63) is 22.2 Å². The Kier molecular flexibility index (Phi) is 5.90. The molecule has 1 aromatic rings. The van der Waals surface area contributed by atoms with E-state index >= 15 is 0 Å². The van der Waals surface area contributed by atoms with Crippen LogP contribution in [-0.4, -0.2) is 44.8 Å². The monoisotopic (exact) mass is 356 g/mol. The average Bonchev–Trinajstić information content (AvgIpc) is 2.43. The van der Waals surface area contributed by atoms with Crippen LogP contribution in [0.3, 0.4) is 0 Å². The quantitative estimate of drug-likeness (QED) is 0.849. The van der Waals surface area contributed by atoms with E-state index in [0.717, 1.165) is 29.1 Å². The molecule has 1 unspecified atom stereocenters. The van der Waals surface area contributed by atoms with E-state index < -0.39 is 0 Å². The topological polar surface area (TPSA) is 33.7 Å². The van der Waals surface area contributed by atoms with Gasteiger partial charge < -0.3 is 19.7 Å². The van der Waals surface area contributed by atoms with Gasteiger partial charge in [0.15, 0.2) is 11.5 Å². The summed E-state index contributed by atoms with van der Waals surface area (Å²) in [6.07, 6.45) is 0. The van der Waals surface area contributed by atoms with Crippen molar-refractivity contribution in [3.63, 3.8) is 0 Å². The zero-order chi connectivity index (χ0) is 15.4. The lowest BCUT2D eigenvalue weighted by atomic mass is 10.0. The second-order valence-electron chi connectivity index (χ2n) is 6.10. The molecule has 2 rings (SSSR count). The first-order valence-corrected chi connectivity index (χ1v) is 8.22. The van der Waals surface area contributed by atoms with Crippen LogP contribution in [0.5, 0.6) is 11.5 Å². The van der Waals surface area contributed by atoms with Gasteiger partial charge in [-0.05, 0) is 53.6 Å². The highest BCUT2D eigenvalue weighted by Crippen LogP contribution is 2.38. The molecule has 1 aliphatic rings. The minimum atomic E-state index is 0.465. The molecule has 5 heteroatoms. The van der Waals surface area contributed by atoms with Crippen molar-refractivity contribution >= 4 is 15.9 Å². The molecule has 21 heavy (non-hydrogen) atoms. The van der Waals surface area contributed by atoms with Gasteiger partial charge in [-0.25, -0.2) is 0 Å². The molecule has 0 saturated heterocycles. The maximum absolute atomic E-state index is 5.67. The summed E-state index contributed by atoms with van der Waals surface area (Å²) >= 11 is 3.57. The fraction of sp³-hybridized carbons (Fsp3) is 0.625. The first-order valence-electron chi connectivity index (χ1n) is 7.43. The molecule has 1 aromatic carbocycles. The molecule has 0 fully saturated rings. The number of hydrogen-bond donors (Lipinski definition) is 1. The van der Waals surface area contributed by atoms with E-state index in [1.165, 1.54) is 5.56 Å². The lowest BCUT2D eigenvalue weighted by molar-refractivity contribution is 0.170. The maximum atomic E-state index is 5.67. The molecule has 1 atom stereocenters. The highest BCUT2D eigenvalue weighted by molar-refractivity contribution is 9.10. The van der Waals surface area contributed by atoms with Crippen molar-refractivity contribution in [2.45, 2.75) is 26.4 Å². The summed E-state index contributed by atoms with van der Waals surface area (Å²) in [6.45, 7) is 7.59. The molecule has 4 nitrogen and oxygen atoms in total. The number of ether oxygens (including phenoxy) is 2. The molecule has 0 saturated carbocycles. The van der Waals surface area contributed by atoms with Crippen LogP contribution < -0.4 is 14.8 Å². The van der Waals surface area contributed by atoms with Crippen LogP contribution >= 0.6 is 15.9 Å². The van der Waals surface area contributed by atoms with E-state index in [1.54, 1.807) is 0 Å². The third-order valence-electron chi connectivity index (χ3n) is 3.59. The van der Waals surface area contributed by atoms with E-state index in [4.69, 9.17) is 9.47 Å². The van der Waals surface area contributed by atoms with Crippen LogP contribution in [0, 0.1) is 5.92 Å². The summed E-state index contributed by atoms with van der Waals surface area (Å²) in [5.41, 5.74) is 1.20. The number of fused-ring (bicyclic) bond motifs is 1. The van der Waals surface area contributed by atoms with E-state index in [1.807, 2.05) is 0 Å². The van der Waals surface area contributed by atoms with Crippen LogP contribution in [0.1, 0.15) is 19.4 Å². The van der Waals surface area contributed by atoms with Crippen molar-refractivity contribution in [1.82, 2.24) is 10.2 Å². The number of nitrogens with zero attached hydrogens (tertiary/aromatic N) is 1. The highest BCUT2D eigenvalue weighted by Gasteiger charge is 2.18. The van der Waals surface area contributed by atoms with Crippen molar-refractivity contribution in [2.24, 2.45) is 5.92 Å². The van der Waals surface area contributed by atoms with E-state index in [-0.39, 0.29) is 0 Å². The van der Waals surface area contributed by atoms with Crippen molar-refractivity contribution in [1.29, 1.82) is 0 Å². The van der Waals surface area contributed by atoms with Crippen LogP contribution in [-0.2, 0) is 6.54 Å². The summed E-state index contributed by atoms with van der Waals surface area (Å²) in [5, 5.41) is 3.64. The molecule has 118 valence electrons. The number of likely N-dealkylation sites (N-methyl/N-ethyl adjacent to an activating group) is 1. The number of benzene rings is 1. The molecular formula is C16H25BrN2O2. The van der Waals surface area contributed by atoms with Crippen LogP contribution in [0.25, 0.3) is 0 Å². The van der Waals surface area contributed by atoms with Gasteiger partial charge in [0.2, 0.25) is 0 Å². The normalized spacial score (nSPS) is 15.6. The number of hydrogen-bond acceptors (Lipinski definition) is 4. The van der Waals surface area contributed by atoms with Crippen molar-refractivity contribution in [3.8, 4) is 11.5 Å². The Morgan fingerprint density at radius 1 is 1.24 bits per heavy atom. The van der Waals surface area contributed by atoms with Gasteiger partial charge in [0.25, 0.3) is 0 Å². The predicted octanol–water partition coefficient (Wildman–Crippen LogP) is 2.90. The minimum Gasteiger partial charge on any atom is -0.486 e. The van der Waals surface area contributed by atoms with Crippen LogP contribution in [0.4, 0.5) is 0 Å². The Morgan fingerprint density at radius 3 is 2.62 bits per heavy atom. The number of halogens is 1. The zero-order valence-electron chi connectivity index (χ0n) is 13.3.